The van der Waals surface area contributed by atoms with E-state index in [1.165, 1.54) is 0 Å². The van der Waals surface area contributed by atoms with E-state index in [1.54, 1.807) is 12.7 Å². The van der Waals surface area contributed by atoms with Gasteiger partial charge in [0, 0.05) is 5.39 Å². The summed E-state index contributed by atoms with van der Waals surface area (Å²) in [6.07, 6.45) is 3.25. The number of fused-ring (bicyclic) bond motifs is 1. The van der Waals surface area contributed by atoms with Gasteiger partial charge in [0.2, 0.25) is 0 Å². The van der Waals surface area contributed by atoms with Crippen molar-refractivity contribution in [2.75, 3.05) is 0 Å². The molecule has 0 aliphatic heterocycles. The first-order valence-electron chi connectivity index (χ1n) is 6.79. The summed E-state index contributed by atoms with van der Waals surface area (Å²) in [5, 5.41) is 5.38. The third kappa shape index (κ3) is 2.10. The van der Waals surface area contributed by atoms with Crippen molar-refractivity contribution in [3.63, 3.8) is 0 Å². The number of hydrogen-bond acceptors (Lipinski definition) is 3. The smallest absolute Gasteiger partial charge is 0.137 e. The molecule has 4 heteroatoms. The van der Waals surface area contributed by atoms with Crippen LogP contribution in [0.3, 0.4) is 0 Å². The first kappa shape index (κ1) is 11.9. The van der Waals surface area contributed by atoms with Crippen LogP contribution in [-0.2, 0) is 0 Å². The predicted octanol–water partition coefficient (Wildman–Crippen LogP) is 3.66. The largest absolute Gasteiger partial charge is 0.458 e. The third-order valence-corrected chi connectivity index (χ3v) is 3.53. The molecule has 0 aliphatic rings. The number of rotatable bonds is 3. The van der Waals surface area contributed by atoms with Gasteiger partial charge in [0.05, 0.1) is 0 Å². The van der Waals surface area contributed by atoms with Crippen LogP contribution in [0.5, 0.6) is 0 Å². The average Bonchev–Trinajstić information content (AvgIpc) is 3.18. The Balaban J connectivity index is 1.90. The molecule has 21 heavy (non-hydrogen) atoms. The molecule has 2 aromatic heterocycles. The van der Waals surface area contributed by atoms with Crippen LogP contribution in [-0.4, -0.2) is 14.8 Å². The molecule has 1 atom stereocenters. The molecule has 0 aliphatic carbocycles. The normalized spacial score (nSPS) is 12.6. The fraction of sp³-hybridized carbons (Fsp3) is 0.0588. The molecule has 4 aromatic rings. The summed E-state index contributed by atoms with van der Waals surface area (Å²) < 4.78 is 7.83. The third-order valence-electron chi connectivity index (χ3n) is 3.53. The van der Waals surface area contributed by atoms with E-state index in [4.69, 9.17) is 4.42 Å². The second-order valence-corrected chi connectivity index (χ2v) is 4.88. The van der Waals surface area contributed by atoms with Crippen LogP contribution in [0.2, 0.25) is 0 Å². The molecule has 0 N–H and O–H groups in total. The topological polar surface area (TPSA) is 43.9 Å². The first-order valence-corrected chi connectivity index (χ1v) is 6.79. The van der Waals surface area contributed by atoms with Gasteiger partial charge in [-0.3, -0.25) is 0 Å². The molecule has 0 radical (unpaired) electrons. The minimum atomic E-state index is -0.110. The summed E-state index contributed by atoms with van der Waals surface area (Å²) in [5.41, 5.74) is 2.00. The fourth-order valence-corrected chi connectivity index (χ4v) is 2.57. The highest BCUT2D eigenvalue weighted by Gasteiger charge is 2.21. The van der Waals surface area contributed by atoms with E-state index in [0.29, 0.717) is 0 Å². The quantitative estimate of drug-likeness (QED) is 0.573. The standard InChI is InChI=1S/C17H13N3O/c1-2-6-13(7-3-1)17(20-12-18-11-19-20)16-10-14-8-4-5-9-15(14)21-16/h1-12,17H/t17-/m1/s1. The second-order valence-electron chi connectivity index (χ2n) is 4.88. The summed E-state index contributed by atoms with van der Waals surface area (Å²) in [4.78, 5) is 4.06. The van der Waals surface area contributed by atoms with Crippen LogP contribution < -0.4 is 0 Å². The fourth-order valence-electron chi connectivity index (χ4n) is 2.57. The van der Waals surface area contributed by atoms with Gasteiger partial charge in [-0.15, -0.1) is 0 Å². The summed E-state index contributed by atoms with van der Waals surface area (Å²) in [6.45, 7) is 0. The Hall–Kier alpha value is -2.88. The molecule has 0 spiro atoms. The van der Waals surface area contributed by atoms with Crippen LogP contribution in [0.1, 0.15) is 17.4 Å². The Kier molecular flexibility index (Phi) is 2.78. The number of aromatic nitrogens is 3. The van der Waals surface area contributed by atoms with E-state index in [2.05, 4.69) is 28.3 Å². The van der Waals surface area contributed by atoms with Crippen LogP contribution in [0.25, 0.3) is 11.0 Å². The van der Waals surface area contributed by atoms with Crippen molar-refractivity contribution in [1.82, 2.24) is 14.8 Å². The number of benzene rings is 2. The minimum Gasteiger partial charge on any atom is -0.458 e. The summed E-state index contributed by atoms with van der Waals surface area (Å²) in [5.74, 6) is 0.855. The van der Waals surface area contributed by atoms with Crippen molar-refractivity contribution in [2.24, 2.45) is 0 Å². The van der Waals surface area contributed by atoms with Crippen molar-refractivity contribution < 1.29 is 4.42 Å². The molecule has 0 amide bonds. The van der Waals surface area contributed by atoms with E-state index in [1.807, 2.05) is 47.1 Å². The highest BCUT2D eigenvalue weighted by atomic mass is 16.3. The molecule has 4 rings (SSSR count). The molecule has 2 aromatic carbocycles. The number of para-hydroxylation sites is 1. The minimum absolute atomic E-state index is 0.110. The van der Waals surface area contributed by atoms with Gasteiger partial charge in [0.15, 0.2) is 0 Å². The highest BCUT2D eigenvalue weighted by Crippen LogP contribution is 2.30. The van der Waals surface area contributed by atoms with Crippen LogP contribution in [0.4, 0.5) is 0 Å². The van der Waals surface area contributed by atoms with Gasteiger partial charge in [0.1, 0.15) is 30.0 Å². The van der Waals surface area contributed by atoms with E-state index in [0.717, 1.165) is 22.3 Å². The summed E-state index contributed by atoms with van der Waals surface area (Å²) in [6, 6.07) is 20.1. The van der Waals surface area contributed by atoms with E-state index in [-0.39, 0.29) is 6.04 Å². The van der Waals surface area contributed by atoms with Crippen molar-refractivity contribution in [1.29, 1.82) is 0 Å². The number of hydrogen-bond donors (Lipinski definition) is 0. The molecule has 0 saturated carbocycles. The van der Waals surface area contributed by atoms with Crippen LogP contribution in [0, 0.1) is 0 Å². The van der Waals surface area contributed by atoms with Gasteiger partial charge in [-0.25, -0.2) is 9.67 Å². The predicted molar refractivity (Wildman–Crippen MR) is 79.9 cm³/mol. The SMILES string of the molecule is c1ccc([C@H](c2cc3ccccc3o2)n2cncn2)cc1. The molecular weight excluding hydrogens is 262 g/mol. The maximum absolute atomic E-state index is 6.02. The lowest BCUT2D eigenvalue weighted by molar-refractivity contribution is 0.463. The Morgan fingerprint density at radius 2 is 1.76 bits per heavy atom. The molecule has 102 valence electrons. The monoisotopic (exact) mass is 275 g/mol. The first-order chi connectivity index (χ1) is 10.4. The highest BCUT2D eigenvalue weighted by molar-refractivity contribution is 5.78. The van der Waals surface area contributed by atoms with E-state index in [9.17, 15) is 0 Å². The molecule has 2 heterocycles. The molecular formula is C17H13N3O. The van der Waals surface area contributed by atoms with Crippen molar-refractivity contribution in [3.8, 4) is 0 Å². The molecule has 0 fully saturated rings. The lowest BCUT2D eigenvalue weighted by Crippen LogP contribution is -2.12. The van der Waals surface area contributed by atoms with Gasteiger partial charge in [-0.2, -0.15) is 5.10 Å². The number of nitrogens with zero attached hydrogens (tertiary/aromatic N) is 3. The van der Waals surface area contributed by atoms with Crippen LogP contribution >= 0.6 is 0 Å². The Morgan fingerprint density at radius 1 is 0.952 bits per heavy atom. The Morgan fingerprint density at radius 3 is 2.52 bits per heavy atom. The molecule has 0 bridgehead atoms. The van der Waals surface area contributed by atoms with Crippen molar-refractivity contribution in [3.05, 3.63) is 84.6 Å². The van der Waals surface area contributed by atoms with E-state index < -0.39 is 0 Å². The maximum atomic E-state index is 6.02. The zero-order chi connectivity index (χ0) is 14.1. The van der Waals surface area contributed by atoms with Gasteiger partial charge in [0.25, 0.3) is 0 Å². The van der Waals surface area contributed by atoms with Gasteiger partial charge < -0.3 is 4.42 Å². The molecule has 0 saturated heterocycles. The molecule has 4 nitrogen and oxygen atoms in total. The van der Waals surface area contributed by atoms with Gasteiger partial charge in [-0.1, -0.05) is 48.5 Å². The Bertz CT molecular complexity index is 817. The average molecular weight is 275 g/mol. The summed E-state index contributed by atoms with van der Waals surface area (Å²) in [7, 11) is 0. The zero-order valence-electron chi connectivity index (χ0n) is 11.3. The maximum Gasteiger partial charge on any atom is 0.137 e. The second kappa shape index (κ2) is 4.90. The van der Waals surface area contributed by atoms with Gasteiger partial charge in [-0.05, 0) is 17.7 Å². The molecule has 0 unspecified atom stereocenters. The lowest BCUT2D eigenvalue weighted by Gasteiger charge is -2.14. The van der Waals surface area contributed by atoms with Crippen molar-refractivity contribution in [2.45, 2.75) is 6.04 Å². The summed E-state index contributed by atoms with van der Waals surface area (Å²) >= 11 is 0. The number of furan rings is 1. The lowest BCUT2D eigenvalue weighted by atomic mass is 10.0. The van der Waals surface area contributed by atoms with Crippen LogP contribution in [0.15, 0.2) is 77.7 Å². The zero-order valence-corrected chi connectivity index (χ0v) is 11.3. The van der Waals surface area contributed by atoms with Crippen molar-refractivity contribution >= 4 is 11.0 Å². The van der Waals surface area contributed by atoms with Gasteiger partial charge >= 0.3 is 0 Å². The van der Waals surface area contributed by atoms with E-state index >= 15 is 0 Å². The Labute approximate surface area is 121 Å².